The Labute approximate surface area is 177 Å². The van der Waals surface area contributed by atoms with Crippen molar-refractivity contribution in [1.29, 1.82) is 0 Å². The fourth-order valence-electron chi connectivity index (χ4n) is 4.25. The molecule has 156 valence electrons. The number of para-hydroxylation sites is 1. The minimum Gasteiger partial charge on any atom is -0.454 e. The predicted molar refractivity (Wildman–Crippen MR) is 117 cm³/mol. The second kappa shape index (κ2) is 7.50. The average molecular weight is 415 g/mol. The van der Waals surface area contributed by atoms with Crippen LogP contribution in [-0.2, 0) is 24.1 Å². The van der Waals surface area contributed by atoms with Gasteiger partial charge in [-0.05, 0) is 36.6 Å². The van der Waals surface area contributed by atoms with Crippen LogP contribution in [-0.4, -0.2) is 32.9 Å². The van der Waals surface area contributed by atoms with E-state index >= 15 is 0 Å². The number of H-pyrrole nitrogens is 1. The number of ether oxygens (including phenoxy) is 1. The summed E-state index contributed by atoms with van der Waals surface area (Å²) < 4.78 is 6.96. The van der Waals surface area contributed by atoms with E-state index in [0.29, 0.717) is 23.0 Å². The lowest BCUT2D eigenvalue weighted by molar-refractivity contribution is 0.0475. The summed E-state index contributed by atoms with van der Waals surface area (Å²) in [6.07, 6.45) is 4.15. The van der Waals surface area contributed by atoms with Gasteiger partial charge in [0.2, 0.25) is 5.78 Å². The molecule has 0 spiro atoms. The summed E-state index contributed by atoms with van der Waals surface area (Å²) in [5.41, 5.74) is 3.21. The van der Waals surface area contributed by atoms with Crippen molar-refractivity contribution in [2.75, 3.05) is 6.61 Å². The third kappa shape index (κ3) is 3.22. The molecule has 1 aliphatic rings. The Hall–Kier alpha value is -3.74. The summed E-state index contributed by atoms with van der Waals surface area (Å²) in [5, 5.41) is 1.30. The second-order valence-electron chi connectivity index (χ2n) is 7.72. The van der Waals surface area contributed by atoms with E-state index in [2.05, 4.69) is 16.9 Å². The number of rotatable bonds is 5. The Morgan fingerprint density at radius 3 is 2.90 bits per heavy atom. The molecule has 5 rings (SSSR count). The van der Waals surface area contributed by atoms with Gasteiger partial charge in [-0.25, -0.2) is 9.78 Å². The zero-order chi connectivity index (χ0) is 21.5. The highest BCUT2D eigenvalue weighted by Crippen LogP contribution is 2.23. The molecule has 1 aliphatic heterocycles. The van der Waals surface area contributed by atoms with Gasteiger partial charge in [-0.3, -0.25) is 14.2 Å². The maximum absolute atomic E-state index is 12.7. The number of nitrogens with one attached hydrogen (secondary N) is 1. The maximum atomic E-state index is 12.7. The van der Waals surface area contributed by atoms with Crippen molar-refractivity contribution in [2.45, 2.75) is 32.7 Å². The van der Waals surface area contributed by atoms with Crippen molar-refractivity contribution in [1.82, 2.24) is 14.5 Å². The first-order valence-corrected chi connectivity index (χ1v) is 10.4. The number of ketones is 1. The number of Topliss-reactive ketones (excluding diaryl/α,β-unsaturated/α-hetero) is 1. The fraction of sp³-hybridized carbons (Fsp3) is 0.250. The first-order valence-electron chi connectivity index (χ1n) is 10.4. The van der Waals surface area contributed by atoms with Crippen LogP contribution in [0.4, 0.5) is 0 Å². The van der Waals surface area contributed by atoms with Crippen LogP contribution in [0.25, 0.3) is 21.8 Å². The predicted octanol–water partition coefficient (Wildman–Crippen LogP) is 3.43. The normalized spacial score (nSPS) is 12.9. The van der Waals surface area contributed by atoms with Crippen molar-refractivity contribution in [2.24, 2.45) is 0 Å². The Balaban J connectivity index is 1.36. The number of aromatic amines is 1. The van der Waals surface area contributed by atoms with Crippen LogP contribution >= 0.6 is 0 Å². The van der Waals surface area contributed by atoms with Crippen LogP contribution in [0.2, 0.25) is 0 Å². The zero-order valence-corrected chi connectivity index (χ0v) is 17.1. The van der Waals surface area contributed by atoms with Crippen LogP contribution in [0.15, 0.2) is 47.4 Å². The van der Waals surface area contributed by atoms with E-state index in [4.69, 9.17) is 4.74 Å². The van der Waals surface area contributed by atoms with Gasteiger partial charge in [0.1, 0.15) is 5.82 Å². The van der Waals surface area contributed by atoms with E-state index in [1.165, 1.54) is 0 Å². The molecular formula is C24H21N3O4. The maximum Gasteiger partial charge on any atom is 0.338 e. The molecule has 0 saturated heterocycles. The third-order valence-corrected chi connectivity index (χ3v) is 5.87. The number of aryl methyl sites for hydroxylation is 2. The Morgan fingerprint density at radius 2 is 2.06 bits per heavy atom. The van der Waals surface area contributed by atoms with Gasteiger partial charge in [-0.2, -0.15) is 0 Å². The number of hydrogen-bond acceptors (Lipinski definition) is 5. The molecule has 31 heavy (non-hydrogen) atoms. The van der Waals surface area contributed by atoms with Crippen LogP contribution < -0.4 is 5.56 Å². The molecule has 1 N–H and O–H groups in total. The van der Waals surface area contributed by atoms with Crippen molar-refractivity contribution in [3.05, 3.63) is 75.5 Å². The van der Waals surface area contributed by atoms with Gasteiger partial charge in [0, 0.05) is 35.6 Å². The molecule has 0 amide bonds. The minimum atomic E-state index is -0.619. The van der Waals surface area contributed by atoms with Crippen LogP contribution in [0, 0.1) is 0 Å². The Kier molecular flexibility index (Phi) is 4.66. The molecule has 0 aliphatic carbocycles. The molecule has 4 aromatic rings. The lowest BCUT2D eigenvalue weighted by atomic mass is 10.1. The molecule has 7 heteroatoms. The number of hydrogen-bond donors (Lipinski definition) is 1. The number of aromatic nitrogens is 3. The highest BCUT2D eigenvalue weighted by atomic mass is 16.5. The monoisotopic (exact) mass is 415 g/mol. The quantitative estimate of drug-likeness (QED) is 0.398. The van der Waals surface area contributed by atoms with E-state index < -0.39 is 5.97 Å². The molecule has 0 fully saturated rings. The van der Waals surface area contributed by atoms with E-state index in [-0.39, 0.29) is 23.5 Å². The first kappa shape index (κ1) is 19.2. The van der Waals surface area contributed by atoms with Crippen LogP contribution in [0.3, 0.4) is 0 Å². The number of nitrogens with zero attached hydrogens (tertiary/aromatic N) is 2. The van der Waals surface area contributed by atoms with Crippen molar-refractivity contribution in [3.8, 4) is 0 Å². The summed E-state index contributed by atoms with van der Waals surface area (Å²) in [4.78, 5) is 45.5. The molecule has 0 radical (unpaired) electrons. The van der Waals surface area contributed by atoms with Gasteiger partial charge in [0.25, 0.3) is 5.56 Å². The van der Waals surface area contributed by atoms with Gasteiger partial charge in [0.05, 0.1) is 16.5 Å². The average Bonchev–Trinajstić information content (AvgIpc) is 3.44. The number of fused-ring (bicyclic) bond motifs is 3. The molecule has 2 aromatic carbocycles. The number of benzene rings is 2. The third-order valence-electron chi connectivity index (χ3n) is 5.87. The van der Waals surface area contributed by atoms with Gasteiger partial charge in [0.15, 0.2) is 6.61 Å². The largest absolute Gasteiger partial charge is 0.454 e. The zero-order valence-electron chi connectivity index (χ0n) is 17.1. The fourth-order valence-corrected chi connectivity index (χ4v) is 4.25. The van der Waals surface area contributed by atoms with Crippen LogP contribution in [0.1, 0.15) is 45.4 Å². The van der Waals surface area contributed by atoms with Gasteiger partial charge in [-0.15, -0.1) is 0 Å². The summed E-state index contributed by atoms with van der Waals surface area (Å²) in [6.45, 7) is 2.37. The summed E-state index contributed by atoms with van der Waals surface area (Å²) >= 11 is 0. The molecule has 2 aromatic heterocycles. The smallest absolute Gasteiger partial charge is 0.338 e. The topological polar surface area (TPSA) is 94.1 Å². The first-order chi connectivity index (χ1) is 15.1. The number of carbonyl (C=O) groups is 2. The highest BCUT2D eigenvalue weighted by molar-refractivity contribution is 6.09. The number of esters is 1. The minimum absolute atomic E-state index is 0.0848. The van der Waals surface area contributed by atoms with Gasteiger partial charge in [-0.1, -0.05) is 25.1 Å². The Bertz CT molecular complexity index is 1410. The molecule has 7 nitrogen and oxygen atoms in total. The molecule has 0 saturated carbocycles. The van der Waals surface area contributed by atoms with Crippen LogP contribution in [0.5, 0.6) is 0 Å². The van der Waals surface area contributed by atoms with E-state index in [9.17, 15) is 14.4 Å². The van der Waals surface area contributed by atoms with Crippen molar-refractivity contribution < 1.29 is 14.3 Å². The molecule has 0 bridgehead atoms. The summed E-state index contributed by atoms with van der Waals surface area (Å²) in [7, 11) is 0. The lowest BCUT2D eigenvalue weighted by Gasteiger charge is -2.07. The van der Waals surface area contributed by atoms with E-state index in [1.54, 1.807) is 29.0 Å². The Morgan fingerprint density at radius 1 is 1.19 bits per heavy atom. The lowest BCUT2D eigenvalue weighted by Crippen LogP contribution is -2.21. The van der Waals surface area contributed by atoms with Crippen molar-refractivity contribution in [3.63, 3.8) is 0 Å². The number of carbonyl (C=O) groups excluding carboxylic acids is 2. The highest BCUT2D eigenvalue weighted by Gasteiger charge is 2.19. The summed E-state index contributed by atoms with van der Waals surface area (Å²) in [5.74, 6) is -0.154. The molecule has 0 atom stereocenters. The second-order valence-corrected chi connectivity index (χ2v) is 7.72. The standard InChI is InChI=1S/C24H21N3O4/c1-2-14-5-3-6-16-18(12-25-22(14)16)20(28)13-31-24(30)15-8-9-17-19(11-15)26-21-7-4-10-27(21)23(17)29/h3,5-6,8-9,11-12,25H,2,4,7,10,13H2,1H3. The molecule has 3 heterocycles. The molecule has 0 unspecified atom stereocenters. The van der Waals surface area contributed by atoms with E-state index in [0.717, 1.165) is 41.6 Å². The van der Waals surface area contributed by atoms with Gasteiger partial charge >= 0.3 is 5.97 Å². The summed E-state index contributed by atoms with van der Waals surface area (Å²) in [6, 6.07) is 10.5. The van der Waals surface area contributed by atoms with Gasteiger partial charge < -0.3 is 9.72 Å². The van der Waals surface area contributed by atoms with Crippen molar-refractivity contribution >= 4 is 33.6 Å². The molecular weight excluding hydrogens is 394 g/mol. The van der Waals surface area contributed by atoms with E-state index in [1.807, 2.05) is 18.2 Å². The SMILES string of the molecule is CCc1cccc2c(C(=O)COC(=O)c3ccc4c(=O)n5c(nc4c3)CCC5)c[nH]c12.